The smallest absolute Gasteiger partial charge is 0.156 e. The second-order valence-corrected chi connectivity index (χ2v) is 9.91. The lowest BCUT2D eigenvalue weighted by Gasteiger charge is -2.43. The summed E-state index contributed by atoms with van der Waals surface area (Å²) in [4.78, 5) is 0. The van der Waals surface area contributed by atoms with Crippen molar-refractivity contribution < 1.29 is 28.1 Å². The van der Waals surface area contributed by atoms with Gasteiger partial charge in [-0.1, -0.05) is 121 Å². The zero-order valence-corrected chi connectivity index (χ0v) is 22.9. The normalized spacial score (nSPS) is 21.4. The van der Waals surface area contributed by atoms with Crippen molar-refractivity contribution in [3.05, 3.63) is 156 Å². The van der Waals surface area contributed by atoms with Crippen LogP contribution in [0.3, 0.4) is 0 Å². The minimum Gasteiger partial charge on any atom is -0.484 e. The molecule has 0 unspecified atom stereocenters. The van der Waals surface area contributed by atoms with Gasteiger partial charge in [-0.3, -0.25) is 0 Å². The van der Waals surface area contributed by atoms with E-state index in [0.717, 1.165) is 22.3 Å². The predicted molar refractivity (Wildman–Crippen MR) is 155 cm³/mol. The van der Waals surface area contributed by atoms with Gasteiger partial charge in [0.05, 0.1) is 33.0 Å². The summed E-state index contributed by atoms with van der Waals surface area (Å²) in [5, 5.41) is 0. The standard InChI is InChI=1S/C35H35FO5/c36-21-31-33(38-23-28-15-7-2-8-16-28)35(40-25-30-19-11-4-12-20-30)34(39-24-29-17-9-3-10-18-29)32(41-31)26-37-22-27-13-5-1-6-14-27/h1-21,32-35H,22-26H2/t32-,33+,34+,35-/m1/s1. The summed E-state index contributed by atoms with van der Waals surface area (Å²) in [6, 6.07) is 39.4. The summed E-state index contributed by atoms with van der Waals surface area (Å²) in [6.07, 6.45) is -2.24. The Morgan fingerprint density at radius 1 is 0.537 bits per heavy atom. The van der Waals surface area contributed by atoms with Crippen molar-refractivity contribution in [1.29, 1.82) is 0 Å². The van der Waals surface area contributed by atoms with Crippen molar-refractivity contribution in [2.24, 2.45) is 0 Å². The number of hydrogen-bond acceptors (Lipinski definition) is 5. The molecule has 4 atom stereocenters. The monoisotopic (exact) mass is 554 g/mol. The first-order valence-corrected chi connectivity index (χ1v) is 13.9. The van der Waals surface area contributed by atoms with Crippen LogP contribution in [0.15, 0.2) is 133 Å². The van der Waals surface area contributed by atoms with E-state index in [1.807, 2.05) is 121 Å². The lowest BCUT2D eigenvalue weighted by atomic mass is 9.97. The first-order valence-electron chi connectivity index (χ1n) is 13.9. The van der Waals surface area contributed by atoms with Crippen molar-refractivity contribution in [2.75, 3.05) is 6.61 Å². The molecule has 0 aliphatic carbocycles. The van der Waals surface area contributed by atoms with E-state index in [1.165, 1.54) is 0 Å². The average Bonchev–Trinajstić information content (AvgIpc) is 3.04. The second kappa shape index (κ2) is 15.3. The largest absolute Gasteiger partial charge is 0.484 e. The van der Waals surface area contributed by atoms with Crippen LogP contribution in [0.4, 0.5) is 4.39 Å². The zero-order valence-electron chi connectivity index (χ0n) is 22.9. The van der Waals surface area contributed by atoms with E-state index in [9.17, 15) is 4.39 Å². The first kappa shape index (κ1) is 28.7. The fourth-order valence-corrected chi connectivity index (χ4v) is 4.79. The van der Waals surface area contributed by atoms with Crippen LogP contribution in [0, 0.1) is 0 Å². The van der Waals surface area contributed by atoms with E-state index < -0.39 is 24.4 Å². The van der Waals surface area contributed by atoms with Gasteiger partial charge in [0.15, 0.2) is 11.9 Å². The average molecular weight is 555 g/mol. The second-order valence-electron chi connectivity index (χ2n) is 9.91. The van der Waals surface area contributed by atoms with Crippen LogP contribution >= 0.6 is 0 Å². The maximum atomic E-state index is 14.4. The van der Waals surface area contributed by atoms with Crippen LogP contribution in [0.5, 0.6) is 0 Å². The van der Waals surface area contributed by atoms with E-state index in [2.05, 4.69) is 0 Å². The molecule has 1 aliphatic heterocycles. The Kier molecular flexibility index (Phi) is 10.7. The molecule has 0 aromatic heterocycles. The van der Waals surface area contributed by atoms with Crippen molar-refractivity contribution in [3.63, 3.8) is 0 Å². The van der Waals surface area contributed by atoms with E-state index in [0.29, 0.717) is 26.2 Å². The quantitative estimate of drug-likeness (QED) is 0.175. The van der Waals surface area contributed by atoms with Crippen molar-refractivity contribution >= 4 is 0 Å². The van der Waals surface area contributed by atoms with Gasteiger partial charge in [-0.25, -0.2) is 4.39 Å². The molecule has 4 aromatic rings. The summed E-state index contributed by atoms with van der Waals surface area (Å²) < 4.78 is 46.0. The molecule has 0 spiro atoms. The van der Waals surface area contributed by atoms with Gasteiger partial charge in [-0.05, 0) is 22.3 Å². The third-order valence-electron chi connectivity index (χ3n) is 6.90. The Morgan fingerprint density at radius 2 is 0.951 bits per heavy atom. The Bertz CT molecular complexity index is 1320. The molecule has 6 heteroatoms. The lowest BCUT2D eigenvalue weighted by molar-refractivity contribution is -0.224. The van der Waals surface area contributed by atoms with Crippen LogP contribution < -0.4 is 0 Å². The van der Waals surface area contributed by atoms with Crippen LogP contribution in [-0.4, -0.2) is 31.0 Å². The van der Waals surface area contributed by atoms with Gasteiger partial charge in [-0.15, -0.1) is 0 Å². The van der Waals surface area contributed by atoms with Crippen LogP contribution in [-0.2, 0) is 50.1 Å². The van der Waals surface area contributed by atoms with Gasteiger partial charge in [0.1, 0.15) is 24.6 Å². The zero-order chi connectivity index (χ0) is 28.1. The summed E-state index contributed by atoms with van der Waals surface area (Å²) in [7, 11) is 0. The van der Waals surface area contributed by atoms with Crippen molar-refractivity contribution in [2.45, 2.75) is 50.8 Å². The molecule has 0 N–H and O–H groups in total. The first-order chi connectivity index (χ1) is 20.3. The fraction of sp³-hybridized carbons (Fsp3) is 0.257. The number of hydrogen-bond donors (Lipinski definition) is 0. The van der Waals surface area contributed by atoms with Crippen LogP contribution in [0.1, 0.15) is 22.3 Å². The molecular formula is C35H35FO5. The molecule has 5 rings (SSSR count). The molecule has 1 heterocycles. The van der Waals surface area contributed by atoms with Gasteiger partial charge >= 0.3 is 0 Å². The Morgan fingerprint density at radius 3 is 1.41 bits per heavy atom. The highest BCUT2D eigenvalue weighted by Gasteiger charge is 2.46. The summed E-state index contributed by atoms with van der Waals surface area (Å²) >= 11 is 0. The van der Waals surface area contributed by atoms with Crippen molar-refractivity contribution in [1.82, 2.24) is 0 Å². The fourth-order valence-electron chi connectivity index (χ4n) is 4.79. The lowest BCUT2D eigenvalue weighted by Crippen LogP contribution is -2.56. The summed E-state index contributed by atoms with van der Waals surface area (Å²) in [6.45, 7) is 1.47. The van der Waals surface area contributed by atoms with E-state index in [1.54, 1.807) is 0 Å². The number of rotatable bonds is 13. The maximum Gasteiger partial charge on any atom is 0.156 e. The molecule has 5 nitrogen and oxygen atoms in total. The van der Waals surface area contributed by atoms with Gasteiger partial charge in [-0.2, -0.15) is 0 Å². The molecule has 0 radical (unpaired) electrons. The Labute approximate surface area is 241 Å². The minimum absolute atomic E-state index is 0.0619. The topological polar surface area (TPSA) is 46.2 Å². The molecule has 4 aromatic carbocycles. The van der Waals surface area contributed by atoms with E-state index >= 15 is 0 Å². The van der Waals surface area contributed by atoms with Crippen molar-refractivity contribution in [3.8, 4) is 0 Å². The highest BCUT2D eigenvalue weighted by atomic mass is 19.1. The molecule has 1 aliphatic rings. The number of ether oxygens (including phenoxy) is 5. The van der Waals surface area contributed by atoms with Crippen LogP contribution in [0.2, 0.25) is 0 Å². The molecular weight excluding hydrogens is 519 g/mol. The summed E-state index contributed by atoms with van der Waals surface area (Å²) in [5.41, 5.74) is 3.99. The predicted octanol–water partition coefficient (Wildman–Crippen LogP) is 7.17. The van der Waals surface area contributed by atoms with Gasteiger partial charge in [0.25, 0.3) is 0 Å². The SMILES string of the molecule is FC=C1O[C@H](COCc2ccccc2)[C@H](OCc2ccccc2)[C@H](OCc2ccccc2)[C@H]1OCc1ccccc1. The molecule has 1 fully saturated rings. The number of benzene rings is 4. The summed E-state index contributed by atoms with van der Waals surface area (Å²) in [5.74, 6) is 0.0619. The van der Waals surface area contributed by atoms with Gasteiger partial charge in [0.2, 0.25) is 0 Å². The van der Waals surface area contributed by atoms with E-state index in [-0.39, 0.29) is 19.0 Å². The molecule has 212 valence electrons. The highest BCUT2D eigenvalue weighted by molar-refractivity contribution is 5.18. The van der Waals surface area contributed by atoms with E-state index in [4.69, 9.17) is 23.7 Å². The van der Waals surface area contributed by atoms with Gasteiger partial charge < -0.3 is 23.7 Å². The molecule has 1 saturated heterocycles. The van der Waals surface area contributed by atoms with Gasteiger partial charge in [0, 0.05) is 0 Å². The third kappa shape index (κ3) is 8.35. The Hall–Kier alpha value is -3.81. The Balaban J connectivity index is 1.39. The molecule has 0 bridgehead atoms. The van der Waals surface area contributed by atoms with Crippen LogP contribution in [0.25, 0.3) is 0 Å². The molecule has 41 heavy (non-hydrogen) atoms. The molecule has 0 saturated carbocycles. The number of halogens is 1. The highest BCUT2D eigenvalue weighted by Crippen LogP contribution is 2.33. The molecule has 0 amide bonds. The maximum absolute atomic E-state index is 14.4. The minimum atomic E-state index is -0.824. The third-order valence-corrected chi connectivity index (χ3v) is 6.90.